The zero-order valence-corrected chi connectivity index (χ0v) is 10.4. The van der Waals surface area contributed by atoms with Gasteiger partial charge in [-0.25, -0.2) is 0 Å². The average molecular weight is 223 g/mol. The van der Waals surface area contributed by atoms with Crippen LogP contribution in [-0.4, -0.2) is 30.3 Å². The summed E-state index contributed by atoms with van der Waals surface area (Å²) in [7, 11) is 0. The largest absolute Gasteiger partial charge is 0.303 e. The topological polar surface area (TPSA) is 20.3 Å². The fourth-order valence-corrected chi connectivity index (χ4v) is 3.06. The Labute approximate surface area is 99.4 Å². The summed E-state index contributed by atoms with van der Waals surface area (Å²) in [6.07, 6.45) is 11.2. The molecule has 0 aromatic rings. The first-order chi connectivity index (χ1) is 7.86. The number of carbonyl (C=O) groups is 1. The van der Waals surface area contributed by atoms with Crippen molar-refractivity contribution in [2.24, 2.45) is 5.92 Å². The standard InChI is InChI=1S/C14H25NO/c16-14-9-5-4-8-13(14)12-15-10-6-2-1-3-7-11-15/h13H,1-12H2. The van der Waals surface area contributed by atoms with Gasteiger partial charge in [0, 0.05) is 18.9 Å². The Morgan fingerprint density at radius 2 is 1.62 bits per heavy atom. The van der Waals surface area contributed by atoms with Crippen molar-refractivity contribution in [1.82, 2.24) is 4.90 Å². The monoisotopic (exact) mass is 223 g/mol. The van der Waals surface area contributed by atoms with Crippen molar-refractivity contribution in [2.75, 3.05) is 19.6 Å². The fourth-order valence-electron chi connectivity index (χ4n) is 3.06. The molecule has 0 amide bonds. The Morgan fingerprint density at radius 1 is 0.938 bits per heavy atom. The minimum Gasteiger partial charge on any atom is -0.303 e. The van der Waals surface area contributed by atoms with E-state index in [4.69, 9.17) is 0 Å². The van der Waals surface area contributed by atoms with Crippen molar-refractivity contribution >= 4 is 5.78 Å². The molecule has 0 spiro atoms. The molecule has 0 aromatic heterocycles. The third kappa shape index (κ3) is 3.58. The molecule has 0 N–H and O–H groups in total. The van der Waals surface area contributed by atoms with Crippen molar-refractivity contribution in [1.29, 1.82) is 0 Å². The first kappa shape index (κ1) is 12.1. The molecule has 2 aliphatic rings. The molecule has 2 fully saturated rings. The SMILES string of the molecule is O=C1CCCCC1CN1CCCCCCC1. The van der Waals surface area contributed by atoms with Crippen LogP contribution in [0.25, 0.3) is 0 Å². The lowest BCUT2D eigenvalue weighted by molar-refractivity contribution is -0.125. The van der Waals surface area contributed by atoms with Crippen molar-refractivity contribution in [2.45, 2.75) is 57.8 Å². The number of rotatable bonds is 2. The van der Waals surface area contributed by atoms with Crippen LogP contribution in [-0.2, 0) is 4.79 Å². The molecular weight excluding hydrogens is 198 g/mol. The molecule has 1 aliphatic carbocycles. The van der Waals surface area contributed by atoms with Crippen molar-refractivity contribution in [3.05, 3.63) is 0 Å². The molecule has 1 saturated carbocycles. The lowest BCUT2D eigenvalue weighted by atomic mass is 9.87. The van der Waals surface area contributed by atoms with E-state index in [0.29, 0.717) is 11.7 Å². The van der Waals surface area contributed by atoms with Crippen LogP contribution < -0.4 is 0 Å². The zero-order valence-electron chi connectivity index (χ0n) is 10.4. The summed E-state index contributed by atoms with van der Waals surface area (Å²) >= 11 is 0. The molecule has 92 valence electrons. The number of hydrogen-bond donors (Lipinski definition) is 0. The number of carbonyl (C=O) groups excluding carboxylic acids is 1. The van der Waals surface area contributed by atoms with E-state index in [2.05, 4.69) is 4.90 Å². The van der Waals surface area contributed by atoms with Gasteiger partial charge >= 0.3 is 0 Å². The van der Waals surface area contributed by atoms with E-state index in [1.54, 1.807) is 0 Å². The average Bonchev–Trinajstić information content (AvgIpc) is 2.24. The highest BCUT2D eigenvalue weighted by Gasteiger charge is 2.24. The number of nitrogens with zero attached hydrogens (tertiary/aromatic N) is 1. The summed E-state index contributed by atoms with van der Waals surface area (Å²) in [5, 5.41) is 0. The normalized spacial score (nSPS) is 29.8. The predicted molar refractivity (Wildman–Crippen MR) is 66.5 cm³/mol. The molecular formula is C14H25NO. The van der Waals surface area contributed by atoms with Gasteiger partial charge in [0.15, 0.2) is 0 Å². The molecule has 1 aliphatic heterocycles. The Morgan fingerprint density at radius 3 is 2.31 bits per heavy atom. The van der Waals surface area contributed by atoms with Crippen LogP contribution in [0.15, 0.2) is 0 Å². The molecule has 0 bridgehead atoms. The number of Topliss-reactive ketones (excluding diaryl/α,β-unsaturated/α-hetero) is 1. The van der Waals surface area contributed by atoms with Crippen LogP contribution >= 0.6 is 0 Å². The first-order valence-corrected chi connectivity index (χ1v) is 7.11. The van der Waals surface area contributed by atoms with E-state index in [1.807, 2.05) is 0 Å². The lowest BCUT2D eigenvalue weighted by Gasteiger charge is -2.30. The number of likely N-dealkylation sites (tertiary alicyclic amines) is 1. The Bertz CT molecular complexity index is 219. The van der Waals surface area contributed by atoms with E-state index < -0.39 is 0 Å². The number of ketones is 1. The van der Waals surface area contributed by atoms with Crippen LogP contribution in [0.4, 0.5) is 0 Å². The van der Waals surface area contributed by atoms with E-state index in [0.717, 1.165) is 25.8 Å². The van der Waals surface area contributed by atoms with E-state index in [1.165, 1.54) is 51.6 Å². The smallest absolute Gasteiger partial charge is 0.137 e. The molecule has 1 atom stereocenters. The van der Waals surface area contributed by atoms with E-state index >= 15 is 0 Å². The third-order valence-electron chi connectivity index (χ3n) is 4.11. The molecule has 0 radical (unpaired) electrons. The Hall–Kier alpha value is -0.370. The van der Waals surface area contributed by atoms with Crippen molar-refractivity contribution < 1.29 is 4.79 Å². The maximum Gasteiger partial charge on any atom is 0.137 e. The summed E-state index contributed by atoms with van der Waals surface area (Å²) in [5.74, 6) is 0.904. The second kappa shape index (κ2) is 6.39. The van der Waals surface area contributed by atoms with Gasteiger partial charge in [-0.3, -0.25) is 4.79 Å². The fraction of sp³-hybridized carbons (Fsp3) is 0.929. The molecule has 2 heteroatoms. The summed E-state index contributed by atoms with van der Waals surface area (Å²) in [5.41, 5.74) is 0. The minimum atomic E-state index is 0.369. The zero-order chi connectivity index (χ0) is 11.2. The maximum atomic E-state index is 11.8. The van der Waals surface area contributed by atoms with Crippen LogP contribution in [0.5, 0.6) is 0 Å². The number of hydrogen-bond acceptors (Lipinski definition) is 2. The minimum absolute atomic E-state index is 0.369. The maximum absolute atomic E-state index is 11.8. The second-order valence-electron chi connectivity index (χ2n) is 5.48. The van der Waals surface area contributed by atoms with Crippen LogP contribution in [0, 0.1) is 5.92 Å². The van der Waals surface area contributed by atoms with Crippen molar-refractivity contribution in [3.63, 3.8) is 0 Å². The Balaban J connectivity index is 1.79. The molecule has 1 heterocycles. The molecule has 2 nitrogen and oxygen atoms in total. The first-order valence-electron chi connectivity index (χ1n) is 7.11. The van der Waals surface area contributed by atoms with Gasteiger partial charge < -0.3 is 4.90 Å². The van der Waals surface area contributed by atoms with E-state index in [9.17, 15) is 4.79 Å². The Kier molecular flexibility index (Phi) is 4.83. The van der Waals surface area contributed by atoms with Crippen LogP contribution in [0.1, 0.15) is 57.8 Å². The molecule has 16 heavy (non-hydrogen) atoms. The highest BCUT2D eigenvalue weighted by molar-refractivity contribution is 5.81. The predicted octanol–water partition coefficient (Wildman–Crippen LogP) is 3.01. The summed E-state index contributed by atoms with van der Waals surface area (Å²) in [6.45, 7) is 3.51. The highest BCUT2D eigenvalue weighted by atomic mass is 16.1. The van der Waals surface area contributed by atoms with Gasteiger partial charge in [0.1, 0.15) is 5.78 Å². The molecule has 1 unspecified atom stereocenters. The van der Waals surface area contributed by atoms with Gasteiger partial charge in [0.2, 0.25) is 0 Å². The molecule has 0 aromatic carbocycles. The summed E-state index contributed by atoms with van der Waals surface area (Å²) in [4.78, 5) is 14.3. The van der Waals surface area contributed by atoms with Gasteiger partial charge in [-0.05, 0) is 38.8 Å². The van der Waals surface area contributed by atoms with Crippen molar-refractivity contribution in [3.8, 4) is 0 Å². The van der Waals surface area contributed by atoms with E-state index in [-0.39, 0.29) is 0 Å². The molecule has 2 rings (SSSR count). The van der Waals surface area contributed by atoms with Gasteiger partial charge in [-0.15, -0.1) is 0 Å². The van der Waals surface area contributed by atoms with Gasteiger partial charge in [0.25, 0.3) is 0 Å². The van der Waals surface area contributed by atoms with Gasteiger partial charge in [-0.1, -0.05) is 25.7 Å². The van der Waals surface area contributed by atoms with Gasteiger partial charge in [0.05, 0.1) is 0 Å². The summed E-state index contributed by atoms with van der Waals surface area (Å²) < 4.78 is 0. The van der Waals surface area contributed by atoms with Crippen LogP contribution in [0.2, 0.25) is 0 Å². The van der Waals surface area contributed by atoms with Crippen LogP contribution in [0.3, 0.4) is 0 Å². The molecule has 1 saturated heterocycles. The lowest BCUT2D eigenvalue weighted by Crippen LogP contribution is -2.36. The summed E-state index contributed by atoms with van der Waals surface area (Å²) in [6, 6.07) is 0. The second-order valence-corrected chi connectivity index (χ2v) is 5.48. The highest BCUT2D eigenvalue weighted by Crippen LogP contribution is 2.22. The quantitative estimate of drug-likeness (QED) is 0.717. The third-order valence-corrected chi connectivity index (χ3v) is 4.11. The van der Waals surface area contributed by atoms with Gasteiger partial charge in [-0.2, -0.15) is 0 Å².